The van der Waals surface area contributed by atoms with Crippen LogP contribution in [0.5, 0.6) is 5.75 Å². The molecule has 3 aromatic rings. The summed E-state index contributed by atoms with van der Waals surface area (Å²) in [5.74, 6) is -0.797. The van der Waals surface area contributed by atoms with E-state index in [1.165, 1.54) is 4.90 Å². The standard InChI is InChI=1S/C24H18N2O4/c27-22(17-6-7-19-16(14-17)10-13-30-19)20-21(15-8-11-25-12-9-15)26(24(29)23(20)28)18-4-2-1-3-5-18/h1-9,11-12,14,21,27H,10,13H2/b22-20-. The van der Waals surface area contributed by atoms with Crippen LogP contribution in [0.2, 0.25) is 0 Å². The van der Waals surface area contributed by atoms with E-state index in [9.17, 15) is 14.7 Å². The number of ketones is 1. The minimum absolute atomic E-state index is 0.0638. The molecule has 0 bridgehead atoms. The van der Waals surface area contributed by atoms with Crippen LogP contribution < -0.4 is 9.64 Å². The molecule has 1 fully saturated rings. The minimum Gasteiger partial charge on any atom is -0.507 e. The highest BCUT2D eigenvalue weighted by Gasteiger charge is 2.46. The summed E-state index contributed by atoms with van der Waals surface area (Å²) in [5, 5.41) is 11.2. The van der Waals surface area contributed by atoms with Crippen LogP contribution in [-0.2, 0) is 16.0 Å². The summed E-state index contributed by atoms with van der Waals surface area (Å²) < 4.78 is 5.53. The number of para-hydroxylation sites is 1. The van der Waals surface area contributed by atoms with Gasteiger partial charge in [-0.05, 0) is 53.6 Å². The Balaban J connectivity index is 1.70. The molecule has 0 saturated carbocycles. The second kappa shape index (κ2) is 7.15. The van der Waals surface area contributed by atoms with E-state index in [0.29, 0.717) is 23.4 Å². The van der Waals surface area contributed by atoms with Crippen molar-refractivity contribution in [2.45, 2.75) is 12.5 Å². The van der Waals surface area contributed by atoms with Crippen molar-refractivity contribution in [3.05, 3.63) is 95.3 Å². The molecule has 1 aromatic heterocycles. The normalized spacial score (nSPS) is 19.6. The molecule has 30 heavy (non-hydrogen) atoms. The summed E-state index contributed by atoms with van der Waals surface area (Å²) in [7, 11) is 0. The fraction of sp³-hybridized carbons (Fsp3) is 0.125. The van der Waals surface area contributed by atoms with Gasteiger partial charge in [0.25, 0.3) is 11.7 Å². The first-order chi connectivity index (χ1) is 14.6. The monoisotopic (exact) mass is 398 g/mol. The number of hydrogen-bond acceptors (Lipinski definition) is 5. The second-order valence-electron chi connectivity index (χ2n) is 7.21. The Labute approximate surface area is 173 Å². The molecule has 148 valence electrons. The van der Waals surface area contributed by atoms with Crippen LogP contribution in [-0.4, -0.2) is 28.4 Å². The van der Waals surface area contributed by atoms with Gasteiger partial charge < -0.3 is 9.84 Å². The van der Waals surface area contributed by atoms with Crippen molar-refractivity contribution < 1.29 is 19.4 Å². The van der Waals surface area contributed by atoms with Crippen LogP contribution in [0, 0.1) is 0 Å². The van der Waals surface area contributed by atoms with Crippen LogP contribution in [0.1, 0.15) is 22.7 Å². The maximum atomic E-state index is 13.1. The van der Waals surface area contributed by atoms with Gasteiger partial charge in [0.15, 0.2) is 0 Å². The van der Waals surface area contributed by atoms with Crippen LogP contribution in [0.15, 0.2) is 78.6 Å². The zero-order valence-electron chi connectivity index (χ0n) is 16.0. The molecule has 2 aliphatic heterocycles. The van der Waals surface area contributed by atoms with E-state index in [2.05, 4.69) is 4.98 Å². The predicted octanol–water partition coefficient (Wildman–Crippen LogP) is 3.64. The number of anilines is 1. The van der Waals surface area contributed by atoms with Crippen LogP contribution in [0.25, 0.3) is 5.76 Å². The fourth-order valence-electron chi connectivity index (χ4n) is 4.04. The zero-order chi connectivity index (χ0) is 20.7. The summed E-state index contributed by atoms with van der Waals surface area (Å²) in [6.07, 6.45) is 3.95. The number of carbonyl (C=O) groups excluding carboxylic acids is 2. The zero-order valence-corrected chi connectivity index (χ0v) is 16.0. The predicted molar refractivity (Wildman–Crippen MR) is 111 cm³/mol. The minimum atomic E-state index is -0.750. The van der Waals surface area contributed by atoms with Gasteiger partial charge in [-0.2, -0.15) is 0 Å². The Morgan fingerprint density at radius 2 is 1.80 bits per heavy atom. The molecule has 5 rings (SSSR count). The molecule has 0 radical (unpaired) electrons. The number of pyridine rings is 1. The van der Waals surface area contributed by atoms with Crippen molar-refractivity contribution in [3.8, 4) is 5.75 Å². The molecular weight excluding hydrogens is 380 g/mol. The highest BCUT2D eigenvalue weighted by molar-refractivity contribution is 6.51. The van der Waals surface area contributed by atoms with Crippen LogP contribution in [0.3, 0.4) is 0 Å². The van der Waals surface area contributed by atoms with Crippen molar-refractivity contribution in [1.82, 2.24) is 4.98 Å². The summed E-state index contributed by atoms with van der Waals surface area (Å²) in [5.41, 5.74) is 2.80. The lowest BCUT2D eigenvalue weighted by molar-refractivity contribution is -0.132. The molecule has 6 nitrogen and oxygen atoms in total. The first kappa shape index (κ1) is 18.1. The Hall–Kier alpha value is -3.93. The van der Waals surface area contributed by atoms with Gasteiger partial charge in [0.2, 0.25) is 0 Å². The third-order valence-electron chi connectivity index (χ3n) is 5.46. The Morgan fingerprint density at radius 1 is 1.03 bits per heavy atom. The van der Waals surface area contributed by atoms with Gasteiger partial charge in [0.1, 0.15) is 11.5 Å². The topological polar surface area (TPSA) is 79.7 Å². The quantitative estimate of drug-likeness (QED) is 0.414. The van der Waals surface area contributed by atoms with E-state index in [1.54, 1.807) is 60.9 Å². The third-order valence-corrected chi connectivity index (χ3v) is 5.46. The average Bonchev–Trinajstić information content (AvgIpc) is 3.36. The van der Waals surface area contributed by atoms with E-state index in [-0.39, 0.29) is 11.3 Å². The van der Waals surface area contributed by atoms with Gasteiger partial charge in [-0.25, -0.2) is 0 Å². The van der Waals surface area contributed by atoms with E-state index in [1.807, 2.05) is 12.1 Å². The lowest BCUT2D eigenvalue weighted by atomic mass is 9.95. The first-order valence-electron chi connectivity index (χ1n) is 9.67. The number of fused-ring (bicyclic) bond motifs is 1. The Kier molecular flexibility index (Phi) is 4.32. The van der Waals surface area contributed by atoms with E-state index < -0.39 is 17.7 Å². The van der Waals surface area contributed by atoms with E-state index in [0.717, 1.165) is 17.7 Å². The summed E-state index contributed by atoms with van der Waals surface area (Å²) in [6, 6.07) is 17.0. The highest BCUT2D eigenvalue weighted by Crippen LogP contribution is 2.42. The number of rotatable bonds is 3. The molecule has 2 aromatic carbocycles. The molecule has 1 N–H and O–H groups in total. The Bertz CT molecular complexity index is 1170. The van der Waals surface area contributed by atoms with E-state index in [4.69, 9.17) is 4.74 Å². The maximum Gasteiger partial charge on any atom is 0.300 e. The molecule has 1 unspecified atom stereocenters. The highest BCUT2D eigenvalue weighted by atomic mass is 16.5. The van der Waals surface area contributed by atoms with Crippen molar-refractivity contribution in [2.24, 2.45) is 0 Å². The number of Topliss-reactive ketones (excluding diaryl/α,β-unsaturated/α-hetero) is 1. The summed E-state index contributed by atoms with van der Waals surface area (Å²) in [6.45, 7) is 0.592. The lowest BCUT2D eigenvalue weighted by Gasteiger charge is -2.25. The largest absolute Gasteiger partial charge is 0.507 e. The molecule has 1 saturated heterocycles. The van der Waals surface area contributed by atoms with Gasteiger partial charge in [0, 0.05) is 30.1 Å². The van der Waals surface area contributed by atoms with Crippen LogP contribution in [0.4, 0.5) is 5.69 Å². The summed E-state index contributed by atoms with van der Waals surface area (Å²) >= 11 is 0. The molecule has 6 heteroatoms. The average molecular weight is 398 g/mol. The molecule has 1 amide bonds. The lowest BCUT2D eigenvalue weighted by Crippen LogP contribution is -2.29. The number of aliphatic hydroxyl groups excluding tert-OH is 1. The number of amides is 1. The summed E-state index contributed by atoms with van der Waals surface area (Å²) in [4.78, 5) is 31.6. The third kappa shape index (κ3) is 2.85. The van der Waals surface area contributed by atoms with Crippen molar-refractivity contribution >= 4 is 23.1 Å². The van der Waals surface area contributed by atoms with Gasteiger partial charge in [-0.15, -0.1) is 0 Å². The smallest absolute Gasteiger partial charge is 0.300 e. The van der Waals surface area contributed by atoms with Gasteiger partial charge in [0.05, 0.1) is 18.2 Å². The van der Waals surface area contributed by atoms with Crippen LogP contribution >= 0.6 is 0 Å². The molecular formula is C24H18N2O4. The number of carbonyl (C=O) groups is 2. The Morgan fingerprint density at radius 3 is 2.57 bits per heavy atom. The number of hydrogen-bond donors (Lipinski definition) is 1. The maximum absolute atomic E-state index is 13.1. The molecule has 2 aliphatic rings. The van der Waals surface area contributed by atoms with Gasteiger partial charge in [-0.1, -0.05) is 18.2 Å². The number of aliphatic hydroxyl groups is 1. The van der Waals surface area contributed by atoms with Crippen molar-refractivity contribution in [3.63, 3.8) is 0 Å². The number of benzene rings is 2. The molecule has 3 heterocycles. The number of aromatic nitrogens is 1. The van der Waals surface area contributed by atoms with Crippen molar-refractivity contribution in [1.29, 1.82) is 0 Å². The molecule has 1 atom stereocenters. The first-order valence-corrected chi connectivity index (χ1v) is 9.67. The fourth-order valence-corrected chi connectivity index (χ4v) is 4.04. The SMILES string of the molecule is O=C1C(=O)N(c2ccccc2)C(c2ccncc2)/C1=C(/O)c1ccc2c(c1)CCO2. The van der Waals surface area contributed by atoms with Crippen molar-refractivity contribution in [2.75, 3.05) is 11.5 Å². The second-order valence-corrected chi connectivity index (χ2v) is 7.21. The van der Waals surface area contributed by atoms with Gasteiger partial charge in [-0.3, -0.25) is 19.5 Å². The van der Waals surface area contributed by atoms with E-state index >= 15 is 0 Å². The number of ether oxygens (including phenoxy) is 1. The number of nitrogens with zero attached hydrogens (tertiary/aromatic N) is 2. The molecule has 0 aliphatic carbocycles. The van der Waals surface area contributed by atoms with Gasteiger partial charge >= 0.3 is 0 Å². The molecule has 0 spiro atoms.